The van der Waals surface area contributed by atoms with Crippen molar-refractivity contribution < 1.29 is 12.6 Å². The molecule has 0 spiro atoms. The zero-order valence-corrected chi connectivity index (χ0v) is 13.3. The maximum absolute atomic E-state index is 12.0. The smallest absolute Gasteiger partial charge is 0.260 e. The zero-order chi connectivity index (χ0) is 14.5. The summed E-state index contributed by atoms with van der Waals surface area (Å²) in [6.45, 7) is 4.18. The first kappa shape index (κ1) is 16.8. The van der Waals surface area contributed by atoms with Gasteiger partial charge in [0, 0.05) is 0 Å². The molecule has 1 atom stereocenters. The highest BCUT2D eigenvalue weighted by Gasteiger charge is 2.21. The molecule has 0 aromatic heterocycles. The third-order valence-electron chi connectivity index (χ3n) is 2.96. The molecular weight excluding hydrogens is 307 g/mol. The molecule has 0 saturated carbocycles. The van der Waals surface area contributed by atoms with Gasteiger partial charge in [0.2, 0.25) is 0 Å². The minimum atomic E-state index is -3.80. The Labute approximate surface area is 125 Å². The van der Waals surface area contributed by atoms with E-state index in [0.29, 0.717) is 5.92 Å². The molecule has 1 aromatic rings. The molecule has 0 aliphatic heterocycles. The van der Waals surface area contributed by atoms with E-state index in [1.54, 1.807) is 24.3 Å². The minimum Gasteiger partial charge on any atom is -0.260 e. The van der Waals surface area contributed by atoms with Crippen LogP contribution in [0.5, 0.6) is 0 Å². The van der Waals surface area contributed by atoms with Gasteiger partial charge in [-0.05, 0) is 30.0 Å². The van der Waals surface area contributed by atoms with Gasteiger partial charge >= 0.3 is 0 Å². The van der Waals surface area contributed by atoms with Gasteiger partial charge in [0.25, 0.3) is 10.1 Å². The molecule has 1 aromatic carbocycles. The monoisotopic (exact) mass is 324 g/mol. The van der Waals surface area contributed by atoms with Crippen molar-refractivity contribution in [1.29, 1.82) is 0 Å². The van der Waals surface area contributed by atoms with Crippen molar-refractivity contribution in [2.45, 2.75) is 37.2 Å². The molecule has 0 amide bonds. The molecule has 0 bridgehead atoms. The van der Waals surface area contributed by atoms with E-state index in [0.717, 1.165) is 12.0 Å². The highest BCUT2D eigenvalue weighted by atomic mass is 35.5. The molecule has 0 aliphatic rings. The minimum absolute atomic E-state index is 0.0354. The van der Waals surface area contributed by atoms with Crippen LogP contribution in [0.25, 0.3) is 0 Å². The van der Waals surface area contributed by atoms with Gasteiger partial charge in [-0.15, -0.1) is 23.2 Å². The quantitative estimate of drug-likeness (QED) is 0.566. The summed E-state index contributed by atoms with van der Waals surface area (Å²) < 4.78 is 28.9. The Balaban J connectivity index is 2.90. The van der Waals surface area contributed by atoms with E-state index in [1.165, 1.54) is 0 Å². The normalized spacial score (nSPS) is 13.7. The fourth-order valence-electron chi connectivity index (χ4n) is 1.53. The van der Waals surface area contributed by atoms with Gasteiger partial charge in [0.1, 0.15) is 6.10 Å². The van der Waals surface area contributed by atoms with Crippen LogP contribution < -0.4 is 0 Å². The fourth-order valence-corrected chi connectivity index (χ4v) is 3.21. The summed E-state index contributed by atoms with van der Waals surface area (Å²) in [6.07, 6.45) is 0.297. The SMILES string of the molecule is CCC(C)c1ccc(S(=O)(=O)OC(CCl)CCl)cc1. The van der Waals surface area contributed by atoms with Crippen molar-refractivity contribution in [3.05, 3.63) is 29.8 Å². The molecule has 0 fully saturated rings. The Kier molecular flexibility index (Phi) is 6.60. The van der Waals surface area contributed by atoms with Gasteiger partial charge in [-0.1, -0.05) is 26.0 Å². The van der Waals surface area contributed by atoms with Crippen LogP contribution in [0.3, 0.4) is 0 Å². The molecule has 1 unspecified atom stereocenters. The molecule has 0 N–H and O–H groups in total. The lowest BCUT2D eigenvalue weighted by atomic mass is 9.99. The summed E-state index contributed by atoms with van der Waals surface area (Å²) in [4.78, 5) is 0.125. The number of alkyl halides is 2. The average molecular weight is 325 g/mol. The molecule has 0 heterocycles. The first-order valence-corrected chi connectivity index (χ1v) is 8.57. The Morgan fingerprint density at radius 1 is 1.16 bits per heavy atom. The lowest BCUT2D eigenvalue weighted by molar-refractivity contribution is 0.255. The van der Waals surface area contributed by atoms with E-state index in [4.69, 9.17) is 27.4 Å². The summed E-state index contributed by atoms with van der Waals surface area (Å²) in [6, 6.07) is 6.72. The third kappa shape index (κ3) is 4.63. The zero-order valence-electron chi connectivity index (χ0n) is 11.0. The predicted octanol–water partition coefficient (Wildman–Crippen LogP) is 3.75. The predicted molar refractivity (Wildman–Crippen MR) is 78.6 cm³/mol. The highest BCUT2D eigenvalue weighted by Crippen LogP contribution is 2.22. The van der Waals surface area contributed by atoms with Crippen LogP contribution in [0.4, 0.5) is 0 Å². The van der Waals surface area contributed by atoms with Gasteiger partial charge in [0.15, 0.2) is 0 Å². The maximum Gasteiger partial charge on any atom is 0.297 e. The van der Waals surface area contributed by atoms with E-state index in [2.05, 4.69) is 13.8 Å². The second-order valence-corrected chi connectivity index (χ2v) is 6.55. The molecular formula is C13H18Cl2O3S. The van der Waals surface area contributed by atoms with Crippen molar-refractivity contribution in [1.82, 2.24) is 0 Å². The summed E-state index contributed by atoms with van der Waals surface area (Å²) >= 11 is 11.1. The standard InChI is InChI=1S/C13H18Cl2O3S/c1-3-10(2)11-4-6-13(7-5-11)19(16,17)18-12(8-14)9-15/h4-7,10,12H,3,8-9H2,1-2H3. The Morgan fingerprint density at radius 2 is 1.68 bits per heavy atom. The van der Waals surface area contributed by atoms with Crippen LogP contribution >= 0.6 is 23.2 Å². The van der Waals surface area contributed by atoms with Gasteiger partial charge in [-0.3, -0.25) is 4.18 Å². The van der Waals surface area contributed by atoms with Gasteiger partial charge < -0.3 is 0 Å². The molecule has 1 rings (SSSR count). The molecule has 0 aliphatic carbocycles. The number of halogens is 2. The molecule has 108 valence electrons. The maximum atomic E-state index is 12.0. The van der Waals surface area contributed by atoms with E-state index < -0.39 is 16.2 Å². The first-order chi connectivity index (χ1) is 8.94. The van der Waals surface area contributed by atoms with E-state index >= 15 is 0 Å². The Morgan fingerprint density at radius 3 is 2.11 bits per heavy atom. The van der Waals surface area contributed by atoms with Crippen molar-refractivity contribution in [2.24, 2.45) is 0 Å². The van der Waals surface area contributed by atoms with Crippen LogP contribution in [-0.2, 0) is 14.3 Å². The van der Waals surface area contributed by atoms with Gasteiger partial charge in [-0.2, -0.15) is 8.42 Å². The molecule has 0 saturated heterocycles. The molecule has 3 nitrogen and oxygen atoms in total. The Bertz CT molecular complexity index is 481. The topological polar surface area (TPSA) is 43.4 Å². The summed E-state index contributed by atoms with van der Waals surface area (Å²) in [5.74, 6) is 0.470. The molecule has 19 heavy (non-hydrogen) atoms. The largest absolute Gasteiger partial charge is 0.297 e. The van der Waals surface area contributed by atoms with Gasteiger partial charge in [0.05, 0.1) is 16.7 Å². The second-order valence-electron chi connectivity index (χ2n) is 4.36. The summed E-state index contributed by atoms with van der Waals surface area (Å²) in [5, 5.41) is 0. The van der Waals surface area contributed by atoms with Crippen LogP contribution in [0.1, 0.15) is 31.7 Å². The fraction of sp³-hybridized carbons (Fsp3) is 0.538. The number of rotatable bonds is 7. The second kappa shape index (κ2) is 7.48. The van der Waals surface area contributed by atoms with Crippen LogP contribution in [-0.4, -0.2) is 26.3 Å². The lowest BCUT2D eigenvalue weighted by Gasteiger charge is -2.13. The van der Waals surface area contributed by atoms with E-state index in [-0.39, 0.29) is 16.7 Å². The van der Waals surface area contributed by atoms with Crippen LogP contribution in [0, 0.1) is 0 Å². The number of hydrogen-bond donors (Lipinski definition) is 0. The van der Waals surface area contributed by atoms with Crippen LogP contribution in [0.2, 0.25) is 0 Å². The highest BCUT2D eigenvalue weighted by molar-refractivity contribution is 7.86. The van der Waals surface area contributed by atoms with E-state index in [9.17, 15) is 8.42 Å². The summed E-state index contributed by atoms with van der Waals surface area (Å²) in [7, 11) is -3.80. The first-order valence-electron chi connectivity index (χ1n) is 6.09. The Hall–Kier alpha value is -0.290. The average Bonchev–Trinajstić information content (AvgIpc) is 2.44. The molecule has 0 radical (unpaired) electrons. The number of hydrogen-bond acceptors (Lipinski definition) is 3. The van der Waals surface area contributed by atoms with Gasteiger partial charge in [-0.25, -0.2) is 0 Å². The third-order valence-corrected chi connectivity index (χ3v) is 5.02. The van der Waals surface area contributed by atoms with Crippen LogP contribution in [0.15, 0.2) is 29.2 Å². The van der Waals surface area contributed by atoms with Crippen molar-refractivity contribution >= 4 is 33.3 Å². The van der Waals surface area contributed by atoms with Crippen molar-refractivity contribution in [3.8, 4) is 0 Å². The van der Waals surface area contributed by atoms with Crippen molar-refractivity contribution in [2.75, 3.05) is 11.8 Å². The summed E-state index contributed by atoms with van der Waals surface area (Å²) in [5.41, 5.74) is 1.10. The van der Waals surface area contributed by atoms with Crippen molar-refractivity contribution in [3.63, 3.8) is 0 Å². The van der Waals surface area contributed by atoms with E-state index in [1.807, 2.05) is 0 Å². The number of benzene rings is 1. The molecule has 6 heteroatoms. The lowest BCUT2D eigenvalue weighted by Crippen LogP contribution is -2.21.